The van der Waals surface area contributed by atoms with Gasteiger partial charge in [0.1, 0.15) is 0 Å². The van der Waals surface area contributed by atoms with E-state index in [4.69, 9.17) is 11.5 Å². The fourth-order valence-electron chi connectivity index (χ4n) is 3.37. The molecule has 0 radical (unpaired) electrons. The molecule has 1 aliphatic heterocycles. The molecular formula is C17H16F7N5O2S. The molecule has 176 valence electrons. The Morgan fingerprint density at radius 3 is 2.03 bits per heavy atom. The van der Waals surface area contributed by atoms with Crippen molar-refractivity contribution in [2.24, 2.45) is 16.5 Å². The summed E-state index contributed by atoms with van der Waals surface area (Å²) < 4.78 is 121. The van der Waals surface area contributed by atoms with Crippen LogP contribution in [0, 0.1) is 0 Å². The number of nitrogens with one attached hydrogen (secondary N) is 2. The number of guanidine groups is 1. The van der Waals surface area contributed by atoms with Crippen LogP contribution in [0.2, 0.25) is 0 Å². The number of sulfone groups is 1. The fraction of sp³-hybridized carbons (Fsp3) is 0.353. The molecule has 3 rings (SSSR count). The van der Waals surface area contributed by atoms with Crippen molar-refractivity contribution in [2.45, 2.75) is 29.6 Å². The first kappa shape index (κ1) is 24.0. The van der Waals surface area contributed by atoms with Crippen molar-refractivity contribution in [1.29, 1.82) is 0 Å². The smallest absolute Gasteiger partial charge is 0.369 e. The first-order chi connectivity index (χ1) is 14.4. The summed E-state index contributed by atoms with van der Waals surface area (Å²) in [5.41, 5.74) is 10.1. The highest BCUT2D eigenvalue weighted by Crippen LogP contribution is 2.51. The number of hydrogen-bond acceptors (Lipinski definition) is 7. The van der Waals surface area contributed by atoms with E-state index in [-0.39, 0.29) is 5.96 Å². The van der Waals surface area contributed by atoms with Crippen molar-refractivity contribution in [1.82, 2.24) is 10.9 Å². The van der Waals surface area contributed by atoms with Gasteiger partial charge in [-0.15, -0.1) is 0 Å². The van der Waals surface area contributed by atoms with E-state index in [1.54, 1.807) is 0 Å². The minimum absolute atomic E-state index is 0.344. The maximum Gasteiger partial charge on any atom is 0.416 e. The van der Waals surface area contributed by atoms with E-state index < -0.39 is 67.2 Å². The van der Waals surface area contributed by atoms with Gasteiger partial charge in [0.05, 0.1) is 11.1 Å². The van der Waals surface area contributed by atoms with E-state index in [2.05, 4.69) is 15.8 Å². The van der Waals surface area contributed by atoms with Crippen LogP contribution >= 0.6 is 0 Å². The number of benzene rings is 1. The quantitative estimate of drug-likeness (QED) is 0.485. The lowest BCUT2D eigenvalue weighted by molar-refractivity contribution is -0.137. The first-order valence-electron chi connectivity index (χ1n) is 8.65. The minimum Gasteiger partial charge on any atom is -0.369 e. The summed E-state index contributed by atoms with van der Waals surface area (Å²) in [6.07, 6.45) is -10.5. The van der Waals surface area contributed by atoms with Crippen LogP contribution in [0.25, 0.3) is 5.57 Å². The van der Waals surface area contributed by atoms with Crippen LogP contribution in [0.1, 0.15) is 17.5 Å². The number of nitrogens with two attached hydrogens (primary N) is 2. The second-order valence-electron chi connectivity index (χ2n) is 7.22. The highest BCUT2D eigenvalue weighted by molar-refractivity contribution is 7.92. The van der Waals surface area contributed by atoms with Crippen molar-refractivity contribution < 1.29 is 39.2 Å². The zero-order valence-corrected chi connectivity index (χ0v) is 16.9. The molecule has 1 heterocycles. The Morgan fingerprint density at radius 2 is 1.62 bits per heavy atom. The molecule has 0 amide bonds. The second kappa shape index (κ2) is 7.18. The number of hydrogen-bond donors (Lipinski definition) is 4. The van der Waals surface area contributed by atoms with Gasteiger partial charge in [-0.05, 0) is 29.3 Å². The molecule has 0 saturated heterocycles. The third kappa shape index (κ3) is 4.06. The van der Waals surface area contributed by atoms with Gasteiger partial charge in [0.2, 0.25) is 16.7 Å². The largest absolute Gasteiger partial charge is 0.416 e. The summed E-state index contributed by atoms with van der Waals surface area (Å²) >= 11 is 0. The lowest BCUT2D eigenvalue weighted by Crippen LogP contribution is -2.56. The average Bonchev–Trinajstić information content (AvgIpc) is 2.99. The summed E-state index contributed by atoms with van der Waals surface area (Å²) in [7, 11) is -4.93. The standard InChI is InChI=1S/C17H16F7N5O2S/c1-32(30,31)14(18)7-10(17(26)27-13(25)28-29-17)6-11(16(22,23)24)12(14)8-2-4-9(5-3-8)15(19,20)21/h2-6,29H,7,26H2,1H3,(H3,25,27,28). The van der Waals surface area contributed by atoms with Crippen LogP contribution in [0.4, 0.5) is 30.7 Å². The van der Waals surface area contributed by atoms with Crippen LogP contribution in [0.15, 0.2) is 46.5 Å². The summed E-state index contributed by atoms with van der Waals surface area (Å²) in [5.74, 6) is -2.54. The molecular weight excluding hydrogens is 471 g/mol. The second-order valence-corrected chi connectivity index (χ2v) is 9.41. The number of hydrazine groups is 1. The molecule has 1 aromatic rings. The molecule has 6 N–H and O–H groups in total. The fourth-order valence-corrected chi connectivity index (χ4v) is 4.39. The molecule has 2 atom stereocenters. The molecule has 1 aliphatic carbocycles. The van der Waals surface area contributed by atoms with E-state index in [1.807, 2.05) is 0 Å². The van der Waals surface area contributed by atoms with Gasteiger partial charge in [-0.25, -0.2) is 17.8 Å². The Hall–Kier alpha value is -2.65. The van der Waals surface area contributed by atoms with Gasteiger partial charge < -0.3 is 5.73 Å². The van der Waals surface area contributed by atoms with Crippen molar-refractivity contribution in [3.63, 3.8) is 0 Å². The van der Waals surface area contributed by atoms with Gasteiger partial charge in [0.15, 0.2) is 9.84 Å². The Kier molecular flexibility index (Phi) is 5.38. The van der Waals surface area contributed by atoms with Crippen molar-refractivity contribution in [2.75, 3.05) is 6.26 Å². The predicted octanol–water partition coefficient (Wildman–Crippen LogP) is 2.10. The predicted molar refractivity (Wildman–Crippen MR) is 101 cm³/mol. The van der Waals surface area contributed by atoms with Gasteiger partial charge in [-0.3, -0.25) is 11.2 Å². The molecule has 2 unspecified atom stereocenters. The van der Waals surface area contributed by atoms with E-state index in [0.29, 0.717) is 36.6 Å². The molecule has 0 bridgehead atoms. The van der Waals surface area contributed by atoms with E-state index >= 15 is 4.39 Å². The monoisotopic (exact) mass is 487 g/mol. The molecule has 2 aliphatic rings. The third-order valence-corrected chi connectivity index (χ3v) is 6.46. The van der Waals surface area contributed by atoms with Crippen LogP contribution in [0.3, 0.4) is 0 Å². The normalized spacial score (nSPS) is 27.2. The molecule has 0 fully saturated rings. The summed E-state index contributed by atoms with van der Waals surface area (Å²) in [6.45, 7) is 0. The topological polar surface area (TPSA) is 123 Å². The molecule has 0 spiro atoms. The lowest BCUT2D eigenvalue weighted by Gasteiger charge is -2.37. The highest BCUT2D eigenvalue weighted by Gasteiger charge is 2.56. The molecule has 15 heteroatoms. The Balaban J connectivity index is 2.34. The number of nitrogens with zero attached hydrogens (tertiary/aromatic N) is 1. The number of alkyl halides is 7. The minimum atomic E-state index is -5.30. The molecule has 1 aromatic carbocycles. The molecule has 7 nitrogen and oxygen atoms in total. The zero-order valence-electron chi connectivity index (χ0n) is 16.1. The third-order valence-electron chi connectivity index (χ3n) is 4.94. The summed E-state index contributed by atoms with van der Waals surface area (Å²) in [4.78, 5) is 3.65. The van der Waals surface area contributed by atoms with Gasteiger partial charge in [0.25, 0.3) is 0 Å². The van der Waals surface area contributed by atoms with Crippen molar-refractivity contribution in [3.8, 4) is 0 Å². The van der Waals surface area contributed by atoms with Crippen molar-refractivity contribution >= 4 is 21.4 Å². The van der Waals surface area contributed by atoms with Crippen LogP contribution < -0.4 is 22.3 Å². The Bertz CT molecular complexity index is 1140. The Labute approximate surface area is 176 Å². The number of aliphatic imine (C=N–C) groups is 1. The summed E-state index contributed by atoms with van der Waals surface area (Å²) in [6, 6.07) is 2.00. The van der Waals surface area contributed by atoms with Crippen LogP contribution in [0.5, 0.6) is 0 Å². The maximum atomic E-state index is 16.1. The van der Waals surface area contributed by atoms with Gasteiger partial charge in [-0.2, -0.15) is 31.8 Å². The van der Waals surface area contributed by atoms with Gasteiger partial charge in [0, 0.05) is 18.2 Å². The SMILES string of the molecule is CS(=O)(=O)C1(F)CC(C2(N)N=C(N)NN2)=CC(C(F)(F)F)=C1c1ccc(C(F)(F)F)cc1. The van der Waals surface area contributed by atoms with Crippen molar-refractivity contribution in [3.05, 3.63) is 52.6 Å². The molecule has 0 aromatic heterocycles. The Morgan fingerprint density at radius 1 is 1.06 bits per heavy atom. The van der Waals surface area contributed by atoms with E-state index in [1.165, 1.54) is 0 Å². The van der Waals surface area contributed by atoms with Gasteiger partial charge >= 0.3 is 12.4 Å². The van der Waals surface area contributed by atoms with Crippen LogP contribution in [-0.4, -0.2) is 37.6 Å². The molecule has 32 heavy (non-hydrogen) atoms. The average molecular weight is 487 g/mol. The maximum absolute atomic E-state index is 16.1. The van der Waals surface area contributed by atoms with E-state index in [9.17, 15) is 34.8 Å². The number of rotatable bonds is 3. The first-order valence-corrected chi connectivity index (χ1v) is 10.5. The zero-order chi connectivity index (χ0) is 24.3. The number of allylic oxidation sites excluding steroid dienone is 2. The number of halogens is 7. The molecule has 0 saturated carbocycles. The summed E-state index contributed by atoms with van der Waals surface area (Å²) in [5, 5.41) is -3.69. The van der Waals surface area contributed by atoms with Gasteiger partial charge in [-0.1, -0.05) is 12.1 Å². The van der Waals surface area contributed by atoms with E-state index in [0.717, 1.165) is 0 Å². The van der Waals surface area contributed by atoms with Crippen LogP contribution in [-0.2, 0) is 16.0 Å². The lowest BCUT2D eigenvalue weighted by atomic mass is 9.83. The highest BCUT2D eigenvalue weighted by atomic mass is 32.2.